The van der Waals surface area contributed by atoms with Crippen LogP contribution in [-0.2, 0) is 75.8 Å². The molecule has 0 aromatic rings. The van der Waals surface area contributed by atoms with Gasteiger partial charge in [-0.1, -0.05) is 13.8 Å². The van der Waals surface area contributed by atoms with Gasteiger partial charge in [-0.2, -0.15) is 0 Å². The zero-order valence-electron chi connectivity index (χ0n) is 48.0. The number of hydrogen-bond acceptors (Lipinski definition) is 40. The first-order valence-corrected chi connectivity index (χ1v) is 29.1. The molecule has 0 saturated carbocycles. The van der Waals surface area contributed by atoms with E-state index in [2.05, 4.69) is 0 Å². The highest BCUT2D eigenvalue weighted by molar-refractivity contribution is 5.02. The van der Waals surface area contributed by atoms with Crippen molar-refractivity contribution in [3.8, 4) is 0 Å². The van der Waals surface area contributed by atoms with Gasteiger partial charge in [-0.25, -0.2) is 0 Å². The van der Waals surface area contributed by atoms with E-state index in [0.717, 1.165) is 0 Å². The minimum Gasteiger partial charge on any atom is -0.394 e. The Morgan fingerprint density at radius 1 is 0.156 bits per heavy atom. The van der Waals surface area contributed by atoms with E-state index < -0.39 is 299 Å². The summed E-state index contributed by atoms with van der Waals surface area (Å²) in [6.45, 7) is -4.64. The predicted octanol–water partition coefficient (Wildman–Crippen LogP) is -16.4. The third-order valence-corrected chi connectivity index (χ3v) is 16.9. The molecule has 40 heteroatoms. The molecule has 0 aliphatic carbocycles. The molecule has 0 aromatic heterocycles. The molecule has 0 unspecified atom stereocenters. The van der Waals surface area contributed by atoms with Crippen LogP contribution in [0.4, 0.5) is 0 Å². The maximum Gasteiger partial charge on any atom is 0.187 e. The molecule has 30 rings (SSSR count). The summed E-state index contributed by atoms with van der Waals surface area (Å²) in [5.74, 6) is 0. The Balaban J connectivity index is 0.00000517. The van der Waals surface area contributed by atoms with Gasteiger partial charge in [0.1, 0.15) is 195 Å². The van der Waals surface area contributed by atoms with E-state index in [9.17, 15) is 123 Å². The molecule has 30 aliphatic rings. The maximum atomic E-state index is 11.4. The summed E-state index contributed by atoms with van der Waals surface area (Å²) in [7, 11) is 0. The Kier molecular flexibility index (Phi) is 26.5. The van der Waals surface area contributed by atoms with Crippen molar-refractivity contribution in [3.63, 3.8) is 0 Å². The number of ether oxygens (including phenoxy) is 16. The first-order chi connectivity index (χ1) is 42.9. The Morgan fingerprint density at radius 3 is 0.322 bits per heavy atom. The van der Waals surface area contributed by atoms with Crippen LogP contribution in [0.1, 0.15) is 13.8 Å². The molecule has 24 N–H and O–H groups in total. The van der Waals surface area contributed by atoms with Crippen molar-refractivity contribution in [2.24, 2.45) is 0 Å². The maximum absolute atomic E-state index is 11.4. The smallest absolute Gasteiger partial charge is 0.187 e. The first kappa shape index (κ1) is 74.2. The monoisotopic (exact) mass is 1330 g/mol. The number of hydrogen-bond donors (Lipinski definition) is 24. The minimum atomic E-state index is -2.25. The average molecular weight is 1330 g/mol. The summed E-state index contributed by atoms with van der Waals surface area (Å²) in [5, 5.41) is 265. The van der Waals surface area contributed by atoms with Crippen LogP contribution in [0.15, 0.2) is 0 Å². The highest BCUT2D eigenvalue weighted by atomic mass is 16.8. The van der Waals surface area contributed by atoms with Crippen molar-refractivity contribution < 1.29 is 198 Å². The van der Waals surface area contributed by atoms with Gasteiger partial charge in [-0.15, -0.1) is 0 Å². The number of aliphatic hydroxyl groups excluding tert-OH is 24. The van der Waals surface area contributed by atoms with E-state index in [4.69, 9.17) is 75.8 Å². The molecule has 16 bridgehead atoms. The van der Waals surface area contributed by atoms with E-state index in [1.807, 2.05) is 13.8 Å². The van der Waals surface area contributed by atoms with Crippen LogP contribution < -0.4 is 0 Å². The predicted molar refractivity (Wildman–Crippen MR) is 272 cm³/mol. The molecular formula is C50H86O40. The second-order valence-corrected chi connectivity index (χ2v) is 22.5. The minimum absolute atomic E-state index is 1.08. The van der Waals surface area contributed by atoms with Gasteiger partial charge in [0.05, 0.1) is 52.9 Å². The van der Waals surface area contributed by atoms with E-state index >= 15 is 0 Å². The highest BCUT2D eigenvalue weighted by Gasteiger charge is 2.60. The SMILES string of the molecule is CC.OC[C@H]1O[C@@H]2O[C@H]3[C@H](O)[C@@H](O)[C@@H](O[C@H]4[C@H](O)[C@@H](O)[C@@H](O[C@H]5[C@H](O)[C@@H](O)[C@@H](O[C@H]6[C@H](O)[C@@H](O)[C@@H](O[C@H]7[C@H](O)[C@@H](O)[C@@H](O[C@H]8[C@H](O)[C@@H](O)[C@@H](O[C@H]9[C@H](O)[C@@H](O)[C@@H](O[C@H]1[C@H](O)[C@H]2O)O[C@@H]9CO)O[C@@H]8CO)O[C@@H]7CO)O[C@@H]6CO)O[C@@H]5CO)O[C@@H]4CO)O[C@@H]3CO. The standard InChI is InChI=1S/C48H80O40.C2H6/c49-1-9-33-17(57)25(65)41(73-9)82-34-10(2-50)75-43(27(67)19(34)59)84-36-12(4-52)77-45(29(69)21(36)61)86-38-14(6-54)79-47(31(71)23(38)63)88-40-16(8-56)80-48(32(72)24(40)64)87-39-15(7-55)78-46(30(70)22(39)62)85-37-13(5-53)76-44(28(68)20(37)60)83-35-11(3-51)74-42(81-33)26(66)18(35)58;1-2/h9-72H,1-8H2;1-2H3/t9-,10-,11-,12-,13-,14-,15-,16-,17-,18-,19-,20-,21-,22-,23-,24-,25-,26-,27-,28-,29-,30-,31-,32-,33-,34-,35-,36-,37-,38-,39-,40-,41-,42-,43-,44-,45-,46-,47-,48-;/m1./s1. The fraction of sp³-hybridized carbons (Fsp3) is 1.00. The fourth-order valence-corrected chi connectivity index (χ4v) is 11.9. The highest BCUT2D eigenvalue weighted by Crippen LogP contribution is 2.40. The molecule has 30 aliphatic heterocycles. The summed E-state index contributed by atoms with van der Waals surface area (Å²) in [6.07, 6.45) is -82.0. The molecule has 0 spiro atoms. The van der Waals surface area contributed by atoms with Crippen molar-refractivity contribution in [1.29, 1.82) is 0 Å². The zero-order chi connectivity index (χ0) is 66.1. The largest absolute Gasteiger partial charge is 0.394 e. The van der Waals surface area contributed by atoms with Gasteiger partial charge in [-0.3, -0.25) is 0 Å². The average Bonchev–Trinajstić information content (AvgIpc) is 0.830. The fourth-order valence-electron chi connectivity index (χ4n) is 11.9. The molecule has 90 heavy (non-hydrogen) atoms. The van der Waals surface area contributed by atoms with E-state index in [1.54, 1.807) is 0 Å². The second kappa shape index (κ2) is 32.2. The lowest BCUT2D eigenvalue weighted by Crippen LogP contribution is -2.69. The Labute approximate surface area is 509 Å². The van der Waals surface area contributed by atoms with Crippen molar-refractivity contribution in [2.75, 3.05) is 52.9 Å². The zero-order valence-corrected chi connectivity index (χ0v) is 48.0. The molecule has 30 fully saturated rings. The van der Waals surface area contributed by atoms with E-state index in [1.165, 1.54) is 0 Å². The van der Waals surface area contributed by atoms with Gasteiger partial charge in [0.2, 0.25) is 0 Å². The second-order valence-electron chi connectivity index (χ2n) is 22.5. The van der Waals surface area contributed by atoms with Crippen LogP contribution >= 0.6 is 0 Å². The van der Waals surface area contributed by atoms with Crippen LogP contribution in [0, 0.1) is 0 Å². The third kappa shape index (κ3) is 14.8. The summed E-state index contributed by atoms with van der Waals surface area (Å²) < 4.78 is 91.1. The summed E-state index contributed by atoms with van der Waals surface area (Å²) in [6, 6.07) is 0. The molecule has 0 radical (unpaired) electrons. The molecule has 526 valence electrons. The topological polar surface area (TPSA) is 633 Å². The first-order valence-electron chi connectivity index (χ1n) is 29.1. The summed E-state index contributed by atoms with van der Waals surface area (Å²) in [5.41, 5.74) is 0. The third-order valence-electron chi connectivity index (χ3n) is 16.9. The van der Waals surface area contributed by atoms with Crippen molar-refractivity contribution in [2.45, 2.75) is 259 Å². The van der Waals surface area contributed by atoms with Crippen LogP contribution in [0.5, 0.6) is 0 Å². The quantitative estimate of drug-likeness (QED) is 0.107. The lowest BCUT2D eigenvalue weighted by Gasteiger charge is -2.50. The number of aliphatic hydroxyl groups is 24. The van der Waals surface area contributed by atoms with Crippen molar-refractivity contribution >= 4 is 0 Å². The lowest BCUT2D eigenvalue weighted by atomic mass is 9.94. The Bertz CT molecular complexity index is 1710. The van der Waals surface area contributed by atoms with Crippen LogP contribution in [-0.4, -0.2) is 421 Å². The van der Waals surface area contributed by atoms with E-state index in [-0.39, 0.29) is 0 Å². The van der Waals surface area contributed by atoms with Crippen LogP contribution in [0.2, 0.25) is 0 Å². The van der Waals surface area contributed by atoms with Crippen LogP contribution in [0.25, 0.3) is 0 Å². The summed E-state index contributed by atoms with van der Waals surface area (Å²) in [4.78, 5) is 0. The Hall–Kier alpha value is -1.60. The van der Waals surface area contributed by atoms with E-state index in [0.29, 0.717) is 0 Å². The molecular weight excluding hydrogens is 1240 g/mol. The lowest BCUT2D eigenvalue weighted by molar-refractivity contribution is -0.404. The summed E-state index contributed by atoms with van der Waals surface area (Å²) >= 11 is 0. The Morgan fingerprint density at radius 2 is 0.244 bits per heavy atom. The molecule has 40 nitrogen and oxygen atoms in total. The van der Waals surface area contributed by atoms with Gasteiger partial charge >= 0.3 is 0 Å². The van der Waals surface area contributed by atoms with Crippen molar-refractivity contribution in [3.05, 3.63) is 0 Å². The van der Waals surface area contributed by atoms with Gasteiger partial charge in [0, 0.05) is 0 Å². The van der Waals surface area contributed by atoms with Gasteiger partial charge in [0.15, 0.2) is 50.3 Å². The van der Waals surface area contributed by atoms with Crippen molar-refractivity contribution in [1.82, 2.24) is 0 Å². The van der Waals surface area contributed by atoms with Gasteiger partial charge in [0.25, 0.3) is 0 Å². The molecule has 0 amide bonds. The van der Waals surface area contributed by atoms with Gasteiger partial charge in [-0.05, 0) is 0 Å². The molecule has 30 heterocycles. The van der Waals surface area contributed by atoms with Gasteiger partial charge < -0.3 is 198 Å². The molecule has 30 saturated heterocycles. The number of rotatable bonds is 8. The van der Waals surface area contributed by atoms with Crippen LogP contribution in [0.3, 0.4) is 0 Å². The normalized spacial score (nSPS) is 54.2. The molecule has 40 atom stereocenters. The molecule has 0 aromatic carbocycles.